The van der Waals surface area contributed by atoms with Crippen molar-refractivity contribution >= 4 is 39.4 Å². The number of methoxy groups -OCH3 is 1. The number of esters is 1. The molecule has 7 heteroatoms. The summed E-state index contributed by atoms with van der Waals surface area (Å²) in [4.78, 5) is 13.4. The van der Waals surface area contributed by atoms with Crippen molar-refractivity contribution in [2.45, 2.75) is 30.6 Å². The van der Waals surface area contributed by atoms with E-state index in [0.717, 1.165) is 27.8 Å². The van der Waals surface area contributed by atoms with E-state index >= 15 is 0 Å². The fourth-order valence-electron chi connectivity index (χ4n) is 4.82. The molecule has 35 heavy (non-hydrogen) atoms. The molecule has 1 saturated carbocycles. The van der Waals surface area contributed by atoms with Crippen molar-refractivity contribution in [2.24, 2.45) is 0 Å². The average Bonchev–Trinajstić information content (AvgIpc) is 2.96. The van der Waals surface area contributed by atoms with Crippen molar-refractivity contribution in [3.05, 3.63) is 111 Å². The quantitative estimate of drug-likeness (QED) is 0.411. The van der Waals surface area contributed by atoms with Gasteiger partial charge in [-0.3, -0.25) is 4.79 Å². The highest BCUT2D eigenvalue weighted by atomic mass is 35.5. The number of rotatable bonds is 4. The van der Waals surface area contributed by atoms with Gasteiger partial charge in [0.05, 0.1) is 17.7 Å². The number of carbonyl (C=O) groups is 1. The molecule has 5 rings (SSSR count). The van der Waals surface area contributed by atoms with Gasteiger partial charge in [-0.05, 0) is 78.4 Å². The second-order valence-corrected chi connectivity index (χ2v) is 11.1. The van der Waals surface area contributed by atoms with Crippen LogP contribution in [0.3, 0.4) is 0 Å². The second kappa shape index (κ2) is 8.40. The van der Waals surface area contributed by atoms with Gasteiger partial charge in [0, 0.05) is 11.2 Å². The second-order valence-electron chi connectivity index (χ2n) is 8.93. The third kappa shape index (κ3) is 3.60. The summed E-state index contributed by atoms with van der Waals surface area (Å²) in [7, 11) is -2.57. The summed E-state index contributed by atoms with van der Waals surface area (Å²) in [6, 6.07) is 19.7. The number of anilines is 1. The fraction of sp³-hybridized carbons (Fsp3) is 0.179. The smallest absolute Gasteiger partial charge is 0.321 e. The molecule has 0 saturated heterocycles. The maximum Gasteiger partial charge on any atom is 0.321 e. The maximum atomic E-state index is 13.8. The van der Waals surface area contributed by atoms with E-state index in [1.807, 2.05) is 56.3 Å². The first-order valence-corrected chi connectivity index (χ1v) is 13.0. The number of nitrogens with zero attached hydrogens (tertiary/aromatic N) is 1. The summed E-state index contributed by atoms with van der Waals surface area (Å²) in [5.41, 5.74) is 4.12. The van der Waals surface area contributed by atoms with Gasteiger partial charge >= 0.3 is 5.97 Å². The number of fused-ring (bicyclic) bond motifs is 2. The molecule has 2 aliphatic rings. The Balaban J connectivity index is 1.75. The number of sulfonamides is 1. The first-order chi connectivity index (χ1) is 16.7. The molecule has 1 atom stereocenters. The topological polar surface area (TPSA) is 63.7 Å². The molecule has 1 heterocycles. The molecule has 0 aromatic heterocycles. The summed E-state index contributed by atoms with van der Waals surface area (Å²) in [6.45, 7) is 3.77. The predicted molar refractivity (Wildman–Crippen MR) is 138 cm³/mol. The molecule has 3 aromatic carbocycles. The normalized spacial score (nSPS) is 18.9. The van der Waals surface area contributed by atoms with Crippen molar-refractivity contribution in [2.75, 3.05) is 11.4 Å². The minimum atomic E-state index is -3.95. The zero-order chi connectivity index (χ0) is 25.0. The van der Waals surface area contributed by atoms with Gasteiger partial charge in [-0.25, -0.2) is 12.7 Å². The van der Waals surface area contributed by atoms with Crippen molar-refractivity contribution < 1.29 is 17.9 Å². The van der Waals surface area contributed by atoms with Gasteiger partial charge in [0.15, 0.2) is 0 Å². The number of carbonyl (C=O) groups excluding carboxylic acids is 1. The Morgan fingerprint density at radius 1 is 1.03 bits per heavy atom. The summed E-state index contributed by atoms with van der Waals surface area (Å²) in [5, 5.41) is 0.459. The van der Waals surface area contributed by atoms with Crippen LogP contribution in [0.15, 0.2) is 89.0 Å². The summed E-state index contributed by atoms with van der Waals surface area (Å²) in [6.07, 6.45) is 3.82. The van der Waals surface area contributed by atoms with Crippen LogP contribution >= 0.6 is 11.6 Å². The van der Waals surface area contributed by atoms with E-state index in [9.17, 15) is 13.2 Å². The maximum absolute atomic E-state index is 13.8. The number of benzene rings is 3. The number of hydrogen-bond donors (Lipinski definition) is 0. The highest BCUT2D eigenvalue weighted by Crippen LogP contribution is 2.56. The Hall–Kier alpha value is -3.35. The van der Waals surface area contributed by atoms with Gasteiger partial charge in [-0.2, -0.15) is 0 Å². The van der Waals surface area contributed by atoms with Crippen molar-refractivity contribution in [1.29, 1.82) is 0 Å². The molecule has 1 unspecified atom stereocenters. The van der Waals surface area contributed by atoms with E-state index in [1.54, 1.807) is 36.5 Å². The lowest BCUT2D eigenvalue weighted by atomic mass is 9.57. The Bertz CT molecular complexity index is 1510. The monoisotopic (exact) mass is 505 g/mol. The van der Waals surface area contributed by atoms with Crippen LogP contribution in [0, 0.1) is 13.8 Å². The van der Waals surface area contributed by atoms with Crippen LogP contribution < -0.4 is 4.31 Å². The van der Waals surface area contributed by atoms with Gasteiger partial charge in [0.25, 0.3) is 10.0 Å². The van der Waals surface area contributed by atoms with E-state index in [2.05, 4.69) is 0 Å². The molecule has 0 spiro atoms. The minimum absolute atomic E-state index is 0.174. The zero-order valence-electron chi connectivity index (χ0n) is 19.6. The van der Waals surface area contributed by atoms with Gasteiger partial charge in [0.2, 0.25) is 0 Å². The lowest BCUT2D eigenvalue weighted by Crippen LogP contribution is -2.47. The van der Waals surface area contributed by atoms with Crippen molar-refractivity contribution in [3.63, 3.8) is 0 Å². The van der Waals surface area contributed by atoms with E-state index in [1.165, 1.54) is 11.4 Å². The number of allylic oxidation sites excluding steroid dienone is 1. The highest BCUT2D eigenvalue weighted by Gasteiger charge is 2.55. The summed E-state index contributed by atoms with van der Waals surface area (Å²) >= 11 is 6.46. The van der Waals surface area contributed by atoms with Crippen LogP contribution in [0.4, 0.5) is 5.69 Å². The van der Waals surface area contributed by atoms with Gasteiger partial charge in [0.1, 0.15) is 5.41 Å². The van der Waals surface area contributed by atoms with Crippen LogP contribution in [0.1, 0.15) is 28.7 Å². The largest absolute Gasteiger partial charge is 0.468 e. The van der Waals surface area contributed by atoms with Gasteiger partial charge < -0.3 is 4.74 Å². The molecule has 0 bridgehead atoms. The molecule has 178 valence electrons. The van der Waals surface area contributed by atoms with E-state index in [-0.39, 0.29) is 10.9 Å². The van der Waals surface area contributed by atoms with Crippen LogP contribution in [0.5, 0.6) is 0 Å². The number of ether oxygens (including phenoxy) is 1. The average molecular weight is 506 g/mol. The van der Waals surface area contributed by atoms with Crippen LogP contribution in [-0.4, -0.2) is 21.5 Å². The summed E-state index contributed by atoms with van der Waals surface area (Å²) in [5.74, 6) is -0.380. The molecule has 3 aromatic rings. The van der Waals surface area contributed by atoms with Crippen molar-refractivity contribution in [1.82, 2.24) is 0 Å². The van der Waals surface area contributed by atoms with E-state index in [4.69, 9.17) is 16.3 Å². The number of aryl methyl sites for hydroxylation is 2. The standard InChI is InChI=1S/C28H24ClNO4S/c1-18-9-11-23(12-10-18)35(32,33)30-17-21-16-28(27(31)34-3,22-7-5-4-6-8-22)24(21)14-20-13-19(2)25(29)15-26(20)30/h4-15,17H,16H2,1-3H3. The Kier molecular flexibility index (Phi) is 5.61. The lowest BCUT2D eigenvalue weighted by molar-refractivity contribution is -0.147. The van der Waals surface area contributed by atoms with E-state index in [0.29, 0.717) is 22.7 Å². The third-order valence-electron chi connectivity index (χ3n) is 6.76. The van der Waals surface area contributed by atoms with Crippen LogP contribution in [-0.2, 0) is 25.0 Å². The van der Waals surface area contributed by atoms with Gasteiger partial charge in [-0.1, -0.05) is 59.6 Å². The zero-order valence-corrected chi connectivity index (χ0v) is 21.2. The molecular formula is C28H24ClNO4S. The first-order valence-electron chi connectivity index (χ1n) is 11.2. The first kappa shape index (κ1) is 23.4. The molecule has 0 amide bonds. The number of hydrogen-bond acceptors (Lipinski definition) is 4. The predicted octanol–water partition coefficient (Wildman–Crippen LogP) is 5.95. The third-order valence-corrected chi connectivity index (χ3v) is 8.85. The molecule has 1 fully saturated rings. The van der Waals surface area contributed by atoms with Crippen molar-refractivity contribution in [3.8, 4) is 0 Å². The van der Waals surface area contributed by atoms with Crippen LogP contribution in [0.25, 0.3) is 6.08 Å². The van der Waals surface area contributed by atoms with E-state index < -0.39 is 15.4 Å². The molecule has 1 aliphatic heterocycles. The SMILES string of the molecule is COC(=O)C1(c2ccccc2)CC2=CN(S(=O)(=O)c3ccc(C)cc3)c3cc(Cl)c(C)cc3C=C21. The number of halogens is 1. The Morgan fingerprint density at radius 3 is 2.37 bits per heavy atom. The Morgan fingerprint density at radius 2 is 1.71 bits per heavy atom. The molecular weight excluding hydrogens is 482 g/mol. The summed E-state index contributed by atoms with van der Waals surface area (Å²) < 4.78 is 34.2. The Labute approximate surface area is 210 Å². The lowest BCUT2D eigenvalue weighted by Gasteiger charge is -2.44. The molecule has 0 N–H and O–H groups in total. The molecule has 0 radical (unpaired) electrons. The van der Waals surface area contributed by atoms with Gasteiger partial charge in [-0.15, -0.1) is 0 Å². The fourth-order valence-corrected chi connectivity index (χ4v) is 6.37. The minimum Gasteiger partial charge on any atom is -0.468 e. The molecule has 5 nitrogen and oxygen atoms in total. The highest BCUT2D eigenvalue weighted by molar-refractivity contribution is 7.93. The molecule has 1 aliphatic carbocycles. The van der Waals surface area contributed by atoms with Crippen LogP contribution in [0.2, 0.25) is 5.02 Å².